The summed E-state index contributed by atoms with van der Waals surface area (Å²) in [6.45, 7) is 2.12. The number of benzene rings is 1. The molecule has 0 fully saturated rings. The fraction of sp³-hybridized carbons (Fsp3) is 0.273. The molecule has 0 bridgehead atoms. The van der Waals surface area contributed by atoms with E-state index in [-0.39, 0.29) is 0 Å². The second-order valence-corrected chi connectivity index (χ2v) is 3.33. The SMILES string of the molecule is CNc1cccc2c1cc(C)n2C. The Labute approximate surface area is 78.2 Å². The number of nitrogens with zero attached hydrogens (tertiary/aromatic N) is 1. The quantitative estimate of drug-likeness (QED) is 0.703. The van der Waals surface area contributed by atoms with Gasteiger partial charge < -0.3 is 9.88 Å². The van der Waals surface area contributed by atoms with Gasteiger partial charge in [-0.15, -0.1) is 0 Å². The molecule has 1 heterocycles. The molecule has 0 unspecified atom stereocenters. The van der Waals surface area contributed by atoms with Gasteiger partial charge in [-0.25, -0.2) is 0 Å². The molecule has 0 amide bonds. The van der Waals surface area contributed by atoms with Crippen LogP contribution in [0.25, 0.3) is 10.9 Å². The summed E-state index contributed by atoms with van der Waals surface area (Å²) < 4.78 is 2.20. The number of hydrogen-bond donors (Lipinski definition) is 1. The second kappa shape index (κ2) is 2.80. The Morgan fingerprint density at radius 3 is 2.77 bits per heavy atom. The van der Waals surface area contributed by atoms with Gasteiger partial charge in [0.1, 0.15) is 0 Å². The van der Waals surface area contributed by atoms with Crippen LogP contribution in [0.3, 0.4) is 0 Å². The Hall–Kier alpha value is -1.44. The maximum atomic E-state index is 3.20. The van der Waals surface area contributed by atoms with Crippen molar-refractivity contribution < 1.29 is 0 Å². The molecule has 2 nitrogen and oxygen atoms in total. The van der Waals surface area contributed by atoms with Gasteiger partial charge in [-0.2, -0.15) is 0 Å². The molecule has 1 aromatic heterocycles. The highest BCUT2D eigenvalue weighted by molar-refractivity contribution is 5.93. The van der Waals surface area contributed by atoms with Gasteiger partial charge in [0, 0.05) is 30.9 Å². The van der Waals surface area contributed by atoms with Gasteiger partial charge in [0.2, 0.25) is 0 Å². The Balaban J connectivity index is 2.84. The Morgan fingerprint density at radius 1 is 1.31 bits per heavy atom. The van der Waals surface area contributed by atoms with Crippen molar-refractivity contribution in [3.8, 4) is 0 Å². The number of anilines is 1. The van der Waals surface area contributed by atoms with Crippen LogP contribution in [0.5, 0.6) is 0 Å². The standard InChI is InChI=1S/C11H14N2/c1-8-7-9-10(12-2)5-4-6-11(9)13(8)3/h4-7,12H,1-3H3. The predicted molar refractivity (Wildman–Crippen MR) is 57.2 cm³/mol. The summed E-state index contributed by atoms with van der Waals surface area (Å²) in [6.07, 6.45) is 0. The van der Waals surface area contributed by atoms with E-state index in [9.17, 15) is 0 Å². The fourth-order valence-electron chi connectivity index (χ4n) is 1.71. The molecule has 68 valence electrons. The van der Waals surface area contributed by atoms with Gasteiger partial charge >= 0.3 is 0 Å². The number of aromatic nitrogens is 1. The van der Waals surface area contributed by atoms with Crippen molar-refractivity contribution >= 4 is 16.6 Å². The van der Waals surface area contributed by atoms with Crippen LogP contribution in [-0.4, -0.2) is 11.6 Å². The van der Waals surface area contributed by atoms with Crippen LogP contribution in [0, 0.1) is 6.92 Å². The number of rotatable bonds is 1. The van der Waals surface area contributed by atoms with Crippen molar-refractivity contribution in [3.63, 3.8) is 0 Å². The van der Waals surface area contributed by atoms with E-state index in [1.807, 2.05) is 7.05 Å². The highest BCUT2D eigenvalue weighted by Crippen LogP contribution is 2.25. The topological polar surface area (TPSA) is 17.0 Å². The third-order valence-corrected chi connectivity index (χ3v) is 2.60. The van der Waals surface area contributed by atoms with Crippen LogP contribution in [0.2, 0.25) is 0 Å². The van der Waals surface area contributed by atoms with Gasteiger partial charge in [0.25, 0.3) is 0 Å². The summed E-state index contributed by atoms with van der Waals surface area (Å²) in [7, 11) is 4.05. The van der Waals surface area contributed by atoms with Gasteiger partial charge in [-0.1, -0.05) is 6.07 Å². The molecule has 1 aromatic carbocycles. The van der Waals surface area contributed by atoms with Crippen molar-refractivity contribution in [2.24, 2.45) is 7.05 Å². The third kappa shape index (κ3) is 1.10. The van der Waals surface area contributed by atoms with E-state index < -0.39 is 0 Å². The minimum Gasteiger partial charge on any atom is -0.388 e. The van der Waals surface area contributed by atoms with E-state index >= 15 is 0 Å². The highest BCUT2D eigenvalue weighted by atomic mass is 14.9. The van der Waals surface area contributed by atoms with Crippen LogP contribution in [0.1, 0.15) is 5.69 Å². The first-order valence-corrected chi connectivity index (χ1v) is 4.47. The van der Waals surface area contributed by atoms with Crippen molar-refractivity contribution in [2.75, 3.05) is 12.4 Å². The molecular formula is C11H14N2. The summed E-state index contributed by atoms with van der Waals surface area (Å²) >= 11 is 0. The van der Waals surface area contributed by atoms with Crippen molar-refractivity contribution in [3.05, 3.63) is 30.0 Å². The first-order valence-electron chi connectivity index (χ1n) is 4.47. The minimum absolute atomic E-state index is 1.20. The molecule has 2 rings (SSSR count). The smallest absolute Gasteiger partial charge is 0.0500 e. The summed E-state index contributed by atoms with van der Waals surface area (Å²) in [5.74, 6) is 0. The predicted octanol–water partition coefficient (Wildman–Crippen LogP) is 2.53. The maximum absolute atomic E-state index is 3.20. The van der Waals surface area contributed by atoms with E-state index in [0.717, 1.165) is 0 Å². The highest BCUT2D eigenvalue weighted by Gasteiger charge is 2.04. The first kappa shape index (κ1) is 8.17. The lowest BCUT2D eigenvalue weighted by atomic mass is 10.2. The molecule has 2 heteroatoms. The largest absolute Gasteiger partial charge is 0.388 e. The molecule has 0 aliphatic carbocycles. The van der Waals surface area contributed by atoms with Crippen LogP contribution < -0.4 is 5.32 Å². The molecule has 0 spiro atoms. The molecule has 13 heavy (non-hydrogen) atoms. The van der Waals surface area contributed by atoms with Gasteiger partial charge in [0.05, 0.1) is 5.52 Å². The lowest BCUT2D eigenvalue weighted by Crippen LogP contribution is -1.90. The Morgan fingerprint density at radius 2 is 2.08 bits per heavy atom. The second-order valence-electron chi connectivity index (χ2n) is 3.33. The summed E-state index contributed by atoms with van der Waals surface area (Å²) in [5.41, 5.74) is 3.77. The zero-order valence-corrected chi connectivity index (χ0v) is 8.26. The lowest BCUT2D eigenvalue weighted by Gasteiger charge is -2.02. The normalized spacial score (nSPS) is 10.7. The van der Waals surface area contributed by atoms with E-state index in [0.29, 0.717) is 0 Å². The molecular weight excluding hydrogens is 160 g/mol. The fourth-order valence-corrected chi connectivity index (χ4v) is 1.71. The van der Waals surface area contributed by atoms with Gasteiger partial charge in [0.15, 0.2) is 0 Å². The molecule has 0 aliphatic rings. The van der Waals surface area contributed by atoms with E-state index in [4.69, 9.17) is 0 Å². The van der Waals surface area contributed by atoms with Crippen LogP contribution >= 0.6 is 0 Å². The minimum atomic E-state index is 1.20. The first-order chi connectivity index (χ1) is 6.24. The van der Waals surface area contributed by atoms with E-state index in [1.165, 1.54) is 22.3 Å². The molecule has 2 aromatic rings. The average molecular weight is 174 g/mol. The molecule has 1 N–H and O–H groups in total. The average Bonchev–Trinajstić information content (AvgIpc) is 2.43. The number of hydrogen-bond acceptors (Lipinski definition) is 1. The van der Waals surface area contributed by atoms with Gasteiger partial charge in [-0.05, 0) is 25.1 Å². The molecule has 0 saturated carbocycles. The van der Waals surface area contributed by atoms with E-state index in [2.05, 4.69) is 48.1 Å². The van der Waals surface area contributed by atoms with Crippen LogP contribution in [0.15, 0.2) is 24.3 Å². The Kier molecular flexibility index (Phi) is 1.76. The van der Waals surface area contributed by atoms with Crippen LogP contribution in [-0.2, 0) is 7.05 Å². The zero-order valence-electron chi connectivity index (χ0n) is 8.26. The van der Waals surface area contributed by atoms with Crippen molar-refractivity contribution in [1.29, 1.82) is 0 Å². The Bertz CT molecular complexity index is 441. The van der Waals surface area contributed by atoms with Gasteiger partial charge in [-0.3, -0.25) is 0 Å². The van der Waals surface area contributed by atoms with Crippen molar-refractivity contribution in [2.45, 2.75) is 6.92 Å². The number of fused-ring (bicyclic) bond motifs is 1. The summed E-state index contributed by atoms with van der Waals surface area (Å²) in [4.78, 5) is 0. The summed E-state index contributed by atoms with van der Waals surface area (Å²) in [5, 5.41) is 4.49. The van der Waals surface area contributed by atoms with Crippen LogP contribution in [0.4, 0.5) is 5.69 Å². The molecule has 0 atom stereocenters. The zero-order chi connectivity index (χ0) is 9.42. The molecule has 0 radical (unpaired) electrons. The maximum Gasteiger partial charge on any atom is 0.0500 e. The number of aryl methyl sites for hydroxylation is 2. The number of nitrogens with one attached hydrogen (secondary N) is 1. The van der Waals surface area contributed by atoms with Crippen molar-refractivity contribution in [1.82, 2.24) is 4.57 Å². The van der Waals surface area contributed by atoms with E-state index in [1.54, 1.807) is 0 Å². The lowest BCUT2D eigenvalue weighted by molar-refractivity contribution is 0.918. The molecule has 0 saturated heterocycles. The molecule has 0 aliphatic heterocycles. The third-order valence-electron chi connectivity index (χ3n) is 2.60. The monoisotopic (exact) mass is 174 g/mol. The summed E-state index contributed by atoms with van der Waals surface area (Å²) in [6, 6.07) is 8.53.